The minimum absolute atomic E-state index is 0.244. The number of hydrogen-bond donors (Lipinski definition) is 1. The maximum Gasteiger partial charge on any atom is 0.236 e. The quantitative estimate of drug-likeness (QED) is 0.811. The molecule has 2 rings (SSSR count). The topological polar surface area (TPSA) is 58.6 Å². The molecule has 24 heavy (non-hydrogen) atoms. The molecule has 0 aromatic heterocycles. The highest BCUT2D eigenvalue weighted by Crippen LogP contribution is 2.27. The van der Waals surface area contributed by atoms with E-state index in [0.717, 1.165) is 5.69 Å². The summed E-state index contributed by atoms with van der Waals surface area (Å²) in [6.07, 6.45) is -0.244. The van der Waals surface area contributed by atoms with Gasteiger partial charge in [0.25, 0.3) is 0 Å². The van der Waals surface area contributed by atoms with Crippen molar-refractivity contribution in [1.29, 1.82) is 0 Å². The van der Waals surface area contributed by atoms with Crippen molar-refractivity contribution in [1.82, 2.24) is 0 Å². The number of methoxy groups -OCH3 is 1. The third-order valence-corrected chi connectivity index (χ3v) is 3.73. The Labute approximate surface area is 146 Å². The zero-order valence-corrected chi connectivity index (χ0v) is 14.3. The molecular formula is C18H19ClN2O3. The van der Waals surface area contributed by atoms with Crippen LogP contribution in [0.25, 0.3) is 0 Å². The molecule has 0 unspecified atom stereocenters. The molecule has 126 valence electrons. The highest BCUT2D eigenvalue weighted by molar-refractivity contribution is 6.32. The van der Waals surface area contributed by atoms with Crippen molar-refractivity contribution in [3.05, 3.63) is 53.6 Å². The first-order chi connectivity index (χ1) is 11.5. The van der Waals surface area contributed by atoms with Crippen LogP contribution in [0.2, 0.25) is 5.02 Å². The van der Waals surface area contributed by atoms with Gasteiger partial charge < -0.3 is 15.0 Å². The van der Waals surface area contributed by atoms with E-state index >= 15 is 0 Å². The van der Waals surface area contributed by atoms with Gasteiger partial charge in [0.15, 0.2) is 0 Å². The van der Waals surface area contributed by atoms with Gasteiger partial charge in [-0.2, -0.15) is 0 Å². The molecule has 0 radical (unpaired) electrons. The summed E-state index contributed by atoms with van der Waals surface area (Å²) >= 11 is 6.02. The van der Waals surface area contributed by atoms with Gasteiger partial charge in [0.05, 0.1) is 12.1 Å². The van der Waals surface area contributed by atoms with Gasteiger partial charge in [-0.15, -0.1) is 0 Å². The lowest BCUT2D eigenvalue weighted by atomic mass is 10.2. The zero-order chi connectivity index (χ0) is 17.5. The van der Waals surface area contributed by atoms with Crippen molar-refractivity contribution < 1.29 is 14.3 Å². The fraction of sp³-hybridized carbons (Fsp3) is 0.222. The molecule has 0 aliphatic heterocycles. The van der Waals surface area contributed by atoms with Crippen molar-refractivity contribution in [2.75, 3.05) is 23.9 Å². The van der Waals surface area contributed by atoms with Crippen LogP contribution in [0.5, 0.6) is 5.75 Å². The number of anilines is 2. The van der Waals surface area contributed by atoms with Crippen molar-refractivity contribution in [3.63, 3.8) is 0 Å². The number of nitrogens with one attached hydrogen (secondary N) is 1. The van der Waals surface area contributed by atoms with Crippen LogP contribution in [0.1, 0.15) is 13.3 Å². The number of halogens is 1. The van der Waals surface area contributed by atoms with E-state index in [-0.39, 0.29) is 12.3 Å². The van der Waals surface area contributed by atoms with Crippen LogP contribution >= 0.6 is 11.6 Å². The third kappa shape index (κ3) is 4.49. The maximum absolute atomic E-state index is 12.4. The number of rotatable bonds is 6. The van der Waals surface area contributed by atoms with E-state index in [1.165, 1.54) is 7.11 Å². The first kappa shape index (κ1) is 17.8. The SMILES string of the molecule is CCN(C(=O)CC(=O)Nc1ccc(OC)c(Cl)c1)c1ccccc1. The molecule has 0 heterocycles. The largest absolute Gasteiger partial charge is 0.495 e. The normalized spacial score (nSPS) is 10.1. The minimum Gasteiger partial charge on any atom is -0.495 e. The molecule has 0 bridgehead atoms. The van der Waals surface area contributed by atoms with Crippen molar-refractivity contribution >= 4 is 34.8 Å². The van der Waals surface area contributed by atoms with E-state index in [1.807, 2.05) is 37.3 Å². The Morgan fingerprint density at radius 3 is 2.46 bits per heavy atom. The molecule has 0 saturated carbocycles. The first-order valence-corrected chi connectivity index (χ1v) is 7.91. The molecule has 0 atom stereocenters. The summed E-state index contributed by atoms with van der Waals surface area (Å²) in [5, 5.41) is 3.06. The average molecular weight is 347 g/mol. The highest BCUT2D eigenvalue weighted by Gasteiger charge is 2.17. The minimum atomic E-state index is -0.393. The molecule has 2 aromatic carbocycles. The molecule has 1 N–H and O–H groups in total. The molecule has 0 spiro atoms. The van der Waals surface area contributed by atoms with Crippen LogP contribution in [0, 0.1) is 0 Å². The van der Waals surface area contributed by atoms with E-state index in [2.05, 4.69) is 5.32 Å². The fourth-order valence-electron chi connectivity index (χ4n) is 2.29. The van der Waals surface area contributed by atoms with Gasteiger partial charge in [-0.3, -0.25) is 9.59 Å². The predicted molar refractivity (Wildman–Crippen MR) is 95.7 cm³/mol. The lowest BCUT2D eigenvalue weighted by molar-refractivity contribution is -0.125. The van der Waals surface area contributed by atoms with Gasteiger partial charge in [0.2, 0.25) is 11.8 Å². The summed E-state index contributed by atoms with van der Waals surface area (Å²) in [4.78, 5) is 26.0. The summed E-state index contributed by atoms with van der Waals surface area (Å²) in [6, 6.07) is 14.2. The van der Waals surface area contributed by atoms with Gasteiger partial charge in [0, 0.05) is 17.9 Å². The summed E-state index contributed by atoms with van der Waals surface area (Å²) in [5.74, 6) is -0.136. The number of para-hydroxylation sites is 1. The molecule has 0 aliphatic rings. The first-order valence-electron chi connectivity index (χ1n) is 7.54. The standard InChI is InChI=1S/C18H19ClN2O3/c1-3-21(14-7-5-4-6-8-14)18(23)12-17(22)20-13-9-10-16(24-2)15(19)11-13/h4-11H,3,12H2,1-2H3,(H,20,22). The third-order valence-electron chi connectivity index (χ3n) is 3.43. The summed E-state index contributed by atoms with van der Waals surface area (Å²) in [7, 11) is 1.51. The van der Waals surface area contributed by atoms with Gasteiger partial charge in [-0.05, 0) is 37.3 Å². The molecule has 6 heteroatoms. The van der Waals surface area contributed by atoms with E-state index in [9.17, 15) is 9.59 Å². The lowest BCUT2D eigenvalue weighted by Gasteiger charge is -2.20. The molecule has 0 aliphatic carbocycles. The zero-order valence-electron chi connectivity index (χ0n) is 13.6. The van der Waals surface area contributed by atoms with E-state index < -0.39 is 5.91 Å². The Kier molecular flexibility index (Phi) is 6.21. The number of carbonyl (C=O) groups is 2. The predicted octanol–water partition coefficient (Wildman–Crippen LogP) is 3.73. The number of hydrogen-bond acceptors (Lipinski definition) is 3. The smallest absolute Gasteiger partial charge is 0.236 e. The second-order valence-corrected chi connectivity index (χ2v) is 5.46. The average Bonchev–Trinajstić information content (AvgIpc) is 2.56. The van der Waals surface area contributed by atoms with Crippen molar-refractivity contribution in [2.24, 2.45) is 0 Å². The van der Waals surface area contributed by atoms with Crippen LogP contribution in [-0.4, -0.2) is 25.5 Å². The Balaban J connectivity index is 2.01. The van der Waals surface area contributed by atoms with Crippen LogP contribution in [0.3, 0.4) is 0 Å². The van der Waals surface area contributed by atoms with E-state index in [0.29, 0.717) is 23.0 Å². The number of carbonyl (C=O) groups excluding carboxylic acids is 2. The Morgan fingerprint density at radius 2 is 1.88 bits per heavy atom. The summed E-state index contributed by atoms with van der Waals surface area (Å²) in [6.45, 7) is 2.36. The number of nitrogens with zero attached hydrogens (tertiary/aromatic N) is 1. The molecule has 2 amide bonds. The van der Waals surface area contributed by atoms with Gasteiger partial charge in [-0.1, -0.05) is 29.8 Å². The number of ether oxygens (including phenoxy) is 1. The van der Waals surface area contributed by atoms with Gasteiger partial charge in [0.1, 0.15) is 12.2 Å². The van der Waals surface area contributed by atoms with E-state index in [4.69, 9.17) is 16.3 Å². The highest BCUT2D eigenvalue weighted by atomic mass is 35.5. The molecular weight excluding hydrogens is 328 g/mol. The summed E-state index contributed by atoms with van der Waals surface area (Å²) in [5.41, 5.74) is 1.28. The number of benzene rings is 2. The lowest BCUT2D eigenvalue weighted by Crippen LogP contribution is -2.33. The Hall–Kier alpha value is -2.53. The molecule has 5 nitrogen and oxygen atoms in total. The van der Waals surface area contributed by atoms with Crippen LogP contribution < -0.4 is 15.0 Å². The van der Waals surface area contributed by atoms with Crippen molar-refractivity contribution in [2.45, 2.75) is 13.3 Å². The molecule has 2 aromatic rings. The monoisotopic (exact) mass is 346 g/mol. The second kappa shape index (κ2) is 8.36. The van der Waals surface area contributed by atoms with E-state index in [1.54, 1.807) is 23.1 Å². The molecule has 0 saturated heterocycles. The summed E-state index contributed by atoms with van der Waals surface area (Å²) < 4.78 is 5.06. The number of amides is 2. The van der Waals surface area contributed by atoms with Gasteiger partial charge in [-0.25, -0.2) is 0 Å². The van der Waals surface area contributed by atoms with Gasteiger partial charge >= 0.3 is 0 Å². The fourth-order valence-corrected chi connectivity index (χ4v) is 2.55. The van der Waals surface area contributed by atoms with Crippen LogP contribution in [-0.2, 0) is 9.59 Å². The maximum atomic E-state index is 12.4. The van der Waals surface area contributed by atoms with Crippen LogP contribution in [0.4, 0.5) is 11.4 Å². The Morgan fingerprint density at radius 1 is 1.17 bits per heavy atom. The Bertz CT molecular complexity index is 719. The second-order valence-electron chi connectivity index (χ2n) is 5.05. The molecule has 0 fully saturated rings. The van der Waals surface area contributed by atoms with Crippen LogP contribution in [0.15, 0.2) is 48.5 Å². The van der Waals surface area contributed by atoms with Crippen molar-refractivity contribution in [3.8, 4) is 5.75 Å².